The van der Waals surface area contributed by atoms with Crippen LogP contribution in [0.3, 0.4) is 0 Å². The number of ether oxygens (including phenoxy) is 1. The molecule has 0 spiro atoms. The summed E-state index contributed by atoms with van der Waals surface area (Å²) in [4.78, 5) is 8.83. The van der Waals surface area contributed by atoms with Gasteiger partial charge in [-0.15, -0.1) is 0 Å². The van der Waals surface area contributed by atoms with Gasteiger partial charge in [0.2, 0.25) is 5.88 Å². The Hall–Kier alpha value is -4.77. The van der Waals surface area contributed by atoms with E-state index < -0.39 is 5.54 Å². The van der Waals surface area contributed by atoms with Crippen LogP contribution in [-0.2, 0) is 5.54 Å². The highest BCUT2D eigenvalue weighted by molar-refractivity contribution is 5.97. The topological polar surface area (TPSA) is 52.8 Å². The second-order valence-corrected chi connectivity index (χ2v) is 8.75. The number of pyridine rings is 2. The Kier molecular flexibility index (Phi) is 5.95. The first-order valence-corrected chi connectivity index (χ1v) is 12.4. The van der Waals surface area contributed by atoms with Crippen molar-refractivity contribution in [1.82, 2.24) is 19.7 Å². The van der Waals surface area contributed by atoms with Crippen LogP contribution in [0.1, 0.15) is 23.6 Å². The van der Waals surface area contributed by atoms with Crippen LogP contribution in [0.5, 0.6) is 5.88 Å². The van der Waals surface area contributed by atoms with Gasteiger partial charge in [0.25, 0.3) is 0 Å². The summed E-state index contributed by atoms with van der Waals surface area (Å²) in [6.45, 7) is 2.48. The van der Waals surface area contributed by atoms with E-state index in [4.69, 9.17) is 9.84 Å². The van der Waals surface area contributed by atoms with Crippen LogP contribution in [-0.4, -0.2) is 26.4 Å². The highest BCUT2D eigenvalue weighted by Gasteiger charge is 2.41. The second kappa shape index (κ2) is 9.70. The lowest BCUT2D eigenvalue weighted by Gasteiger charge is -2.37. The molecule has 5 heteroatoms. The molecule has 0 N–H and O–H groups in total. The predicted octanol–water partition coefficient (Wildman–Crippen LogP) is 6.73. The first kappa shape index (κ1) is 22.7. The molecule has 0 fully saturated rings. The molecule has 3 aromatic carbocycles. The highest BCUT2D eigenvalue weighted by atomic mass is 16.5. The average molecular weight is 483 g/mol. The summed E-state index contributed by atoms with van der Waals surface area (Å²) in [6.07, 6.45) is 5.37. The summed E-state index contributed by atoms with van der Waals surface area (Å²) < 4.78 is 8.19. The molecule has 3 heterocycles. The minimum atomic E-state index is -0.752. The maximum atomic E-state index is 6.04. The number of aromatic nitrogens is 4. The lowest BCUT2D eigenvalue weighted by atomic mass is 9.77. The molecule has 0 unspecified atom stereocenters. The van der Waals surface area contributed by atoms with Gasteiger partial charge in [0.1, 0.15) is 11.2 Å². The van der Waals surface area contributed by atoms with Crippen LogP contribution >= 0.6 is 0 Å². The van der Waals surface area contributed by atoms with Gasteiger partial charge in [0, 0.05) is 24.2 Å². The number of hydrogen-bond donors (Lipinski definition) is 0. The quantitative estimate of drug-likeness (QED) is 0.237. The Bertz CT molecular complexity index is 1520. The van der Waals surface area contributed by atoms with Crippen molar-refractivity contribution in [3.05, 3.63) is 144 Å². The summed E-state index contributed by atoms with van der Waals surface area (Å²) in [6, 6.07) is 37.6. The first-order chi connectivity index (χ1) is 18.3. The molecule has 0 aliphatic heterocycles. The van der Waals surface area contributed by atoms with Gasteiger partial charge in [0.15, 0.2) is 0 Å². The maximum absolute atomic E-state index is 6.04. The molecule has 0 aliphatic rings. The van der Waals surface area contributed by atoms with E-state index in [9.17, 15) is 0 Å². The zero-order chi connectivity index (χ0) is 25.1. The SMILES string of the molecule is CCOc1nccc2c1c(-c1ccncc1)nn2C(c1ccccc1)(c1ccccc1)c1ccccc1. The predicted molar refractivity (Wildman–Crippen MR) is 147 cm³/mol. The molecule has 0 saturated carbocycles. The Morgan fingerprint density at radius 1 is 0.676 bits per heavy atom. The van der Waals surface area contributed by atoms with Gasteiger partial charge < -0.3 is 4.74 Å². The largest absolute Gasteiger partial charge is 0.477 e. The maximum Gasteiger partial charge on any atom is 0.225 e. The third kappa shape index (κ3) is 3.76. The minimum absolute atomic E-state index is 0.508. The first-order valence-electron chi connectivity index (χ1n) is 12.4. The van der Waals surface area contributed by atoms with Crippen LogP contribution < -0.4 is 4.74 Å². The van der Waals surface area contributed by atoms with Crippen molar-refractivity contribution in [2.75, 3.05) is 6.61 Å². The molecule has 0 bridgehead atoms. The molecule has 6 rings (SSSR count). The van der Waals surface area contributed by atoms with Gasteiger partial charge in [-0.25, -0.2) is 9.67 Å². The van der Waals surface area contributed by atoms with E-state index in [1.54, 1.807) is 18.6 Å². The van der Waals surface area contributed by atoms with E-state index in [-0.39, 0.29) is 0 Å². The fourth-order valence-electron chi connectivity index (χ4n) is 5.15. The van der Waals surface area contributed by atoms with E-state index >= 15 is 0 Å². The number of nitrogens with zero attached hydrogens (tertiary/aromatic N) is 4. The van der Waals surface area contributed by atoms with Crippen molar-refractivity contribution >= 4 is 10.9 Å². The van der Waals surface area contributed by atoms with Crippen LogP contribution in [0, 0.1) is 0 Å². The van der Waals surface area contributed by atoms with E-state index in [1.165, 1.54) is 0 Å². The van der Waals surface area contributed by atoms with Crippen LogP contribution in [0.15, 0.2) is 128 Å². The van der Waals surface area contributed by atoms with Crippen molar-refractivity contribution in [3.63, 3.8) is 0 Å². The van der Waals surface area contributed by atoms with E-state index in [0.29, 0.717) is 12.5 Å². The summed E-state index contributed by atoms with van der Waals surface area (Å²) >= 11 is 0. The molecule has 0 atom stereocenters. The van der Waals surface area contributed by atoms with Gasteiger partial charge in [0.05, 0.1) is 17.5 Å². The van der Waals surface area contributed by atoms with Crippen molar-refractivity contribution in [2.24, 2.45) is 0 Å². The third-order valence-corrected chi connectivity index (χ3v) is 6.69. The van der Waals surface area contributed by atoms with E-state index in [0.717, 1.165) is 38.9 Å². The molecule has 0 radical (unpaired) electrons. The van der Waals surface area contributed by atoms with Crippen LogP contribution in [0.25, 0.3) is 22.2 Å². The van der Waals surface area contributed by atoms with Gasteiger partial charge in [-0.1, -0.05) is 91.0 Å². The fraction of sp³-hybridized carbons (Fsp3) is 0.0938. The van der Waals surface area contributed by atoms with Crippen molar-refractivity contribution in [2.45, 2.75) is 12.5 Å². The molecule has 37 heavy (non-hydrogen) atoms. The van der Waals surface area contributed by atoms with Gasteiger partial charge in [-0.3, -0.25) is 4.98 Å². The number of rotatable bonds is 7. The molecule has 0 aliphatic carbocycles. The normalized spacial score (nSPS) is 11.5. The van der Waals surface area contributed by atoms with Crippen molar-refractivity contribution in [3.8, 4) is 17.1 Å². The molecule has 0 amide bonds. The Morgan fingerprint density at radius 3 is 1.73 bits per heavy atom. The summed E-state index contributed by atoms with van der Waals surface area (Å²) in [5, 5.41) is 6.25. The standard InChI is InChI=1S/C32H26N4O/c1-2-37-31-29-28(20-23-34-31)36(35-30(29)24-18-21-33-22-19-24)32(25-12-6-3-7-13-25,26-14-8-4-9-15-26)27-16-10-5-11-17-27/h3-23H,2H2,1H3. The molecule has 0 saturated heterocycles. The number of hydrogen-bond acceptors (Lipinski definition) is 4. The van der Waals surface area contributed by atoms with Crippen molar-refractivity contribution < 1.29 is 4.74 Å². The van der Waals surface area contributed by atoms with Gasteiger partial charge in [-0.05, 0) is 41.8 Å². The van der Waals surface area contributed by atoms with E-state index in [1.807, 2.05) is 43.3 Å². The zero-order valence-electron chi connectivity index (χ0n) is 20.5. The Balaban J connectivity index is 1.81. The average Bonchev–Trinajstić information content (AvgIpc) is 3.37. The monoisotopic (exact) mass is 482 g/mol. The second-order valence-electron chi connectivity index (χ2n) is 8.75. The van der Waals surface area contributed by atoms with Crippen LogP contribution in [0.2, 0.25) is 0 Å². The van der Waals surface area contributed by atoms with Gasteiger partial charge >= 0.3 is 0 Å². The van der Waals surface area contributed by atoms with Crippen molar-refractivity contribution in [1.29, 1.82) is 0 Å². The summed E-state index contributed by atoms with van der Waals surface area (Å²) in [7, 11) is 0. The Labute approximate surface area is 216 Å². The van der Waals surface area contributed by atoms with Crippen LogP contribution in [0.4, 0.5) is 0 Å². The number of benzene rings is 3. The lowest BCUT2D eigenvalue weighted by molar-refractivity contribution is 0.331. The van der Waals surface area contributed by atoms with E-state index in [2.05, 4.69) is 87.4 Å². The van der Waals surface area contributed by atoms with Gasteiger partial charge in [-0.2, -0.15) is 5.10 Å². The highest BCUT2D eigenvalue weighted by Crippen LogP contribution is 2.45. The summed E-state index contributed by atoms with van der Waals surface area (Å²) in [5.41, 5.74) is 5.25. The molecule has 3 aromatic heterocycles. The molecular formula is C32H26N4O. The third-order valence-electron chi connectivity index (χ3n) is 6.69. The minimum Gasteiger partial charge on any atom is -0.477 e. The molecular weight excluding hydrogens is 456 g/mol. The molecule has 180 valence electrons. The number of fused-ring (bicyclic) bond motifs is 1. The smallest absolute Gasteiger partial charge is 0.225 e. The molecule has 6 aromatic rings. The fourth-order valence-corrected chi connectivity index (χ4v) is 5.15. The Morgan fingerprint density at radius 2 is 1.22 bits per heavy atom. The summed E-state index contributed by atoms with van der Waals surface area (Å²) in [5.74, 6) is 0.571. The zero-order valence-corrected chi connectivity index (χ0v) is 20.5. The molecule has 5 nitrogen and oxygen atoms in total. The lowest BCUT2D eigenvalue weighted by Crippen LogP contribution is -2.38.